The lowest BCUT2D eigenvalue weighted by Gasteiger charge is -2.27. The van der Waals surface area contributed by atoms with E-state index in [2.05, 4.69) is 36.2 Å². The fraction of sp³-hybridized carbons (Fsp3) is 0.818. The predicted molar refractivity (Wildman–Crippen MR) is 61.2 cm³/mol. The number of nitrogens with zero attached hydrogens (tertiary/aromatic N) is 2. The molecule has 1 unspecified atom stereocenters. The molecule has 0 saturated carbocycles. The maximum absolute atomic E-state index is 5.38. The molecule has 0 aliphatic carbocycles. The third-order valence-electron chi connectivity index (χ3n) is 2.59. The average molecular weight is 227 g/mol. The van der Waals surface area contributed by atoms with Crippen molar-refractivity contribution < 1.29 is 9.26 Å². The van der Waals surface area contributed by atoms with Crippen LogP contribution in [0.4, 0.5) is 0 Å². The van der Waals surface area contributed by atoms with E-state index in [9.17, 15) is 0 Å². The van der Waals surface area contributed by atoms with Gasteiger partial charge in [-0.15, -0.1) is 0 Å². The molecular weight excluding hydrogens is 206 g/mol. The summed E-state index contributed by atoms with van der Waals surface area (Å²) in [6.07, 6.45) is 3.15. The first-order valence-electron chi connectivity index (χ1n) is 5.57. The Morgan fingerprint density at radius 3 is 2.88 bits per heavy atom. The number of nitrogens with one attached hydrogen (secondary N) is 1. The lowest BCUT2D eigenvalue weighted by Crippen LogP contribution is -2.36. The minimum atomic E-state index is -0.0864. The normalized spacial score (nSPS) is 14.0. The second kappa shape index (κ2) is 5.96. The number of aromatic nitrogens is 2. The number of hydrogen-bond acceptors (Lipinski definition) is 5. The second-order valence-corrected chi connectivity index (χ2v) is 4.61. The van der Waals surface area contributed by atoms with E-state index in [1.807, 2.05) is 0 Å². The van der Waals surface area contributed by atoms with Gasteiger partial charge in [0.2, 0.25) is 5.89 Å². The lowest BCUT2D eigenvalue weighted by molar-refractivity contribution is 0.00862. The monoisotopic (exact) mass is 227 g/mol. The molecule has 0 aromatic carbocycles. The Hall–Kier alpha value is -0.940. The third kappa shape index (κ3) is 4.72. The Bertz CT molecular complexity index is 285. The van der Waals surface area contributed by atoms with Crippen LogP contribution in [0, 0.1) is 0 Å². The standard InChI is InChI=1S/C11H21N3O2/c1-9(7-11(2,3)15-4)12-6-5-10-13-8-14-16-10/h8-9,12H,5-7H2,1-4H3. The summed E-state index contributed by atoms with van der Waals surface area (Å²) in [7, 11) is 1.74. The minimum absolute atomic E-state index is 0.0864. The zero-order valence-corrected chi connectivity index (χ0v) is 10.5. The molecule has 0 fully saturated rings. The van der Waals surface area contributed by atoms with Crippen molar-refractivity contribution in [3.8, 4) is 0 Å². The first-order valence-corrected chi connectivity index (χ1v) is 5.57. The number of ether oxygens (including phenoxy) is 1. The van der Waals surface area contributed by atoms with Crippen molar-refractivity contribution in [2.45, 2.75) is 45.3 Å². The first kappa shape index (κ1) is 13.1. The molecule has 1 rings (SSSR count). The van der Waals surface area contributed by atoms with Crippen LogP contribution in [0.3, 0.4) is 0 Å². The van der Waals surface area contributed by atoms with E-state index in [1.165, 1.54) is 6.33 Å². The van der Waals surface area contributed by atoms with Crippen molar-refractivity contribution in [2.24, 2.45) is 0 Å². The summed E-state index contributed by atoms with van der Waals surface area (Å²) >= 11 is 0. The molecule has 0 amide bonds. The van der Waals surface area contributed by atoms with Crippen LogP contribution in [0.2, 0.25) is 0 Å². The van der Waals surface area contributed by atoms with Crippen molar-refractivity contribution in [1.82, 2.24) is 15.5 Å². The number of hydrogen-bond donors (Lipinski definition) is 1. The Morgan fingerprint density at radius 1 is 1.56 bits per heavy atom. The molecule has 1 aromatic rings. The molecule has 1 heterocycles. The fourth-order valence-corrected chi connectivity index (χ4v) is 1.62. The number of rotatable bonds is 7. The molecular formula is C11H21N3O2. The van der Waals surface area contributed by atoms with Gasteiger partial charge in [0.1, 0.15) is 0 Å². The second-order valence-electron chi connectivity index (χ2n) is 4.61. The Kier molecular flexibility index (Phi) is 4.89. The van der Waals surface area contributed by atoms with Gasteiger partial charge in [-0.2, -0.15) is 4.98 Å². The van der Waals surface area contributed by atoms with Gasteiger partial charge in [-0.25, -0.2) is 0 Å². The molecule has 0 spiro atoms. The highest BCUT2D eigenvalue weighted by molar-refractivity contribution is 4.79. The van der Waals surface area contributed by atoms with E-state index < -0.39 is 0 Å². The Morgan fingerprint density at radius 2 is 2.31 bits per heavy atom. The SMILES string of the molecule is COC(C)(C)CC(C)NCCc1ncno1. The zero-order valence-electron chi connectivity index (χ0n) is 10.5. The van der Waals surface area contributed by atoms with Gasteiger partial charge in [0.05, 0.1) is 5.60 Å². The van der Waals surface area contributed by atoms with Gasteiger partial charge in [-0.05, 0) is 27.2 Å². The van der Waals surface area contributed by atoms with E-state index in [1.54, 1.807) is 7.11 Å². The van der Waals surface area contributed by atoms with Gasteiger partial charge in [0.15, 0.2) is 6.33 Å². The molecule has 1 N–H and O–H groups in total. The highest BCUT2D eigenvalue weighted by atomic mass is 16.5. The van der Waals surface area contributed by atoms with Gasteiger partial charge in [-0.1, -0.05) is 5.16 Å². The lowest BCUT2D eigenvalue weighted by atomic mass is 10.00. The van der Waals surface area contributed by atoms with Crippen LogP contribution in [0.5, 0.6) is 0 Å². The highest BCUT2D eigenvalue weighted by Crippen LogP contribution is 2.15. The Labute approximate surface area is 96.6 Å². The van der Waals surface area contributed by atoms with Crippen LogP contribution in [-0.2, 0) is 11.2 Å². The summed E-state index contributed by atoms with van der Waals surface area (Å²) in [5.41, 5.74) is -0.0864. The van der Waals surface area contributed by atoms with E-state index in [-0.39, 0.29) is 5.60 Å². The molecule has 1 aromatic heterocycles. The van der Waals surface area contributed by atoms with Gasteiger partial charge >= 0.3 is 0 Å². The van der Waals surface area contributed by atoms with Crippen LogP contribution >= 0.6 is 0 Å². The fourth-order valence-electron chi connectivity index (χ4n) is 1.62. The summed E-state index contributed by atoms with van der Waals surface area (Å²) in [6, 6.07) is 0.401. The van der Waals surface area contributed by atoms with Gasteiger partial charge in [0.25, 0.3) is 0 Å². The van der Waals surface area contributed by atoms with Gasteiger partial charge < -0.3 is 14.6 Å². The highest BCUT2D eigenvalue weighted by Gasteiger charge is 2.19. The number of methoxy groups -OCH3 is 1. The summed E-state index contributed by atoms with van der Waals surface area (Å²) in [4.78, 5) is 3.96. The van der Waals surface area contributed by atoms with E-state index >= 15 is 0 Å². The van der Waals surface area contributed by atoms with Gasteiger partial charge in [-0.3, -0.25) is 0 Å². The topological polar surface area (TPSA) is 60.2 Å². The van der Waals surface area contributed by atoms with Crippen LogP contribution in [0.1, 0.15) is 33.1 Å². The maximum atomic E-state index is 5.38. The molecule has 16 heavy (non-hydrogen) atoms. The molecule has 0 saturated heterocycles. The third-order valence-corrected chi connectivity index (χ3v) is 2.59. The quantitative estimate of drug-likeness (QED) is 0.763. The summed E-state index contributed by atoms with van der Waals surface area (Å²) in [6.45, 7) is 7.16. The predicted octanol–water partition coefficient (Wildman–Crippen LogP) is 1.41. The first-order chi connectivity index (χ1) is 7.53. The molecule has 1 atom stereocenters. The molecule has 0 radical (unpaired) electrons. The van der Waals surface area contributed by atoms with Crippen molar-refractivity contribution in [2.75, 3.05) is 13.7 Å². The summed E-state index contributed by atoms with van der Waals surface area (Å²) in [5.74, 6) is 0.672. The van der Waals surface area contributed by atoms with Crippen molar-refractivity contribution in [3.63, 3.8) is 0 Å². The van der Waals surface area contributed by atoms with E-state index in [4.69, 9.17) is 9.26 Å². The molecule has 5 heteroatoms. The molecule has 5 nitrogen and oxygen atoms in total. The maximum Gasteiger partial charge on any atom is 0.227 e. The van der Waals surface area contributed by atoms with Crippen LogP contribution < -0.4 is 5.32 Å². The minimum Gasteiger partial charge on any atom is -0.379 e. The van der Waals surface area contributed by atoms with Crippen molar-refractivity contribution in [3.05, 3.63) is 12.2 Å². The Balaban J connectivity index is 2.18. The average Bonchev–Trinajstić information content (AvgIpc) is 2.70. The van der Waals surface area contributed by atoms with E-state index in [0.717, 1.165) is 19.4 Å². The zero-order chi connectivity index (χ0) is 12.0. The van der Waals surface area contributed by atoms with Crippen LogP contribution in [-0.4, -0.2) is 35.4 Å². The largest absolute Gasteiger partial charge is 0.379 e. The summed E-state index contributed by atoms with van der Waals surface area (Å²) in [5, 5.41) is 6.96. The molecule has 0 aliphatic rings. The van der Waals surface area contributed by atoms with Crippen LogP contribution in [0.15, 0.2) is 10.9 Å². The molecule has 0 aliphatic heterocycles. The summed E-state index contributed by atoms with van der Waals surface area (Å²) < 4.78 is 10.3. The van der Waals surface area contributed by atoms with E-state index in [0.29, 0.717) is 11.9 Å². The van der Waals surface area contributed by atoms with Gasteiger partial charge in [0, 0.05) is 26.1 Å². The smallest absolute Gasteiger partial charge is 0.227 e. The van der Waals surface area contributed by atoms with Crippen molar-refractivity contribution in [1.29, 1.82) is 0 Å². The molecule has 92 valence electrons. The molecule has 0 bridgehead atoms. The van der Waals surface area contributed by atoms with Crippen LogP contribution in [0.25, 0.3) is 0 Å². The van der Waals surface area contributed by atoms with Crippen molar-refractivity contribution >= 4 is 0 Å².